The summed E-state index contributed by atoms with van der Waals surface area (Å²) in [6.45, 7) is 5.43. The number of hydrogen-bond acceptors (Lipinski definition) is 3. The predicted molar refractivity (Wildman–Crippen MR) is 61.6 cm³/mol. The number of ether oxygens (including phenoxy) is 1. The molecule has 1 aliphatic heterocycles. The third-order valence-corrected chi connectivity index (χ3v) is 2.69. The first-order valence-electron chi connectivity index (χ1n) is 5.87. The van der Waals surface area contributed by atoms with Gasteiger partial charge in [0.1, 0.15) is 6.10 Å². The second-order valence-electron chi connectivity index (χ2n) is 4.59. The maximum Gasteiger partial charge on any atom is 0.110 e. The Morgan fingerprint density at radius 2 is 2.40 bits per heavy atom. The fourth-order valence-corrected chi connectivity index (χ4v) is 1.86. The molecule has 0 saturated carbocycles. The molecule has 0 aliphatic carbocycles. The molecule has 2 atom stereocenters. The van der Waals surface area contributed by atoms with Crippen molar-refractivity contribution in [2.24, 2.45) is 0 Å². The molecule has 0 aromatic heterocycles. The third kappa shape index (κ3) is 5.19. The molecule has 0 radical (unpaired) electrons. The number of aliphatic hydroxyl groups is 1. The fraction of sp³-hybridized carbons (Fsp3) is 0.833. The molecule has 0 spiro atoms. The van der Waals surface area contributed by atoms with E-state index in [1.807, 2.05) is 13.0 Å². The van der Waals surface area contributed by atoms with Gasteiger partial charge in [-0.15, -0.1) is 0 Å². The van der Waals surface area contributed by atoms with Crippen molar-refractivity contribution in [3.05, 3.63) is 12.3 Å². The van der Waals surface area contributed by atoms with Crippen LogP contribution in [0.2, 0.25) is 0 Å². The molecule has 2 N–H and O–H groups in total. The highest BCUT2D eigenvalue weighted by Gasteiger charge is 2.19. The average Bonchev–Trinajstić information content (AvgIpc) is 2.19. The van der Waals surface area contributed by atoms with Crippen molar-refractivity contribution < 1.29 is 9.84 Å². The van der Waals surface area contributed by atoms with Gasteiger partial charge in [0.05, 0.1) is 11.9 Å². The lowest BCUT2D eigenvalue weighted by Gasteiger charge is -2.25. The third-order valence-electron chi connectivity index (χ3n) is 2.69. The van der Waals surface area contributed by atoms with Crippen LogP contribution in [-0.4, -0.2) is 29.9 Å². The molecule has 88 valence electrons. The lowest BCUT2D eigenvalue weighted by molar-refractivity contribution is 0.0439. The van der Waals surface area contributed by atoms with Crippen molar-refractivity contribution in [3.63, 3.8) is 0 Å². The van der Waals surface area contributed by atoms with E-state index < -0.39 is 5.60 Å². The monoisotopic (exact) mass is 213 g/mol. The Bertz CT molecular complexity index is 202. The molecule has 0 aromatic carbocycles. The van der Waals surface area contributed by atoms with Gasteiger partial charge in [0.25, 0.3) is 0 Å². The van der Waals surface area contributed by atoms with Crippen LogP contribution in [0.25, 0.3) is 0 Å². The zero-order valence-electron chi connectivity index (χ0n) is 9.83. The summed E-state index contributed by atoms with van der Waals surface area (Å²) >= 11 is 0. The van der Waals surface area contributed by atoms with Gasteiger partial charge >= 0.3 is 0 Å². The zero-order chi connectivity index (χ0) is 11.1. The summed E-state index contributed by atoms with van der Waals surface area (Å²) in [7, 11) is 0. The minimum Gasteiger partial charge on any atom is -0.497 e. The van der Waals surface area contributed by atoms with E-state index in [9.17, 15) is 5.11 Å². The van der Waals surface area contributed by atoms with E-state index >= 15 is 0 Å². The average molecular weight is 213 g/mol. The smallest absolute Gasteiger partial charge is 0.110 e. The molecule has 3 heteroatoms. The topological polar surface area (TPSA) is 41.5 Å². The summed E-state index contributed by atoms with van der Waals surface area (Å²) in [6.07, 6.45) is 8.11. The Labute approximate surface area is 92.5 Å². The quantitative estimate of drug-likeness (QED) is 0.707. The van der Waals surface area contributed by atoms with E-state index in [0.29, 0.717) is 6.54 Å². The van der Waals surface area contributed by atoms with Gasteiger partial charge in [0.15, 0.2) is 0 Å². The SMILES string of the molecule is CCCC(C)(O)CNCC1CCC=CO1. The highest BCUT2D eigenvalue weighted by atomic mass is 16.5. The van der Waals surface area contributed by atoms with Crippen LogP contribution >= 0.6 is 0 Å². The zero-order valence-corrected chi connectivity index (χ0v) is 9.83. The second kappa shape index (κ2) is 6.13. The molecule has 1 rings (SSSR count). The van der Waals surface area contributed by atoms with Gasteiger partial charge in [0.2, 0.25) is 0 Å². The predicted octanol–water partition coefficient (Wildman–Crippen LogP) is 1.82. The maximum atomic E-state index is 9.93. The first-order chi connectivity index (χ1) is 7.14. The van der Waals surface area contributed by atoms with E-state index in [4.69, 9.17) is 4.74 Å². The number of hydrogen-bond donors (Lipinski definition) is 2. The van der Waals surface area contributed by atoms with Gasteiger partial charge in [-0.2, -0.15) is 0 Å². The normalized spacial score (nSPS) is 24.6. The van der Waals surface area contributed by atoms with Crippen LogP contribution in [0.3, 0.4) is 0 Å². The van der Waals surface area contributed by atoms with Gasteiger partial charge in [-0.1, -0.05) is 13.3 Å². The van der Waals surface area contributed by atoms with Crippen LogP contribution in [-0.2, 0) is 4.74 Å². The molecular formula is C12H23NO2. The Morgan fingerprint density at radius 1 is 1.60 bits per heavy atom. The van der Waals surface area contributed by atoms with Crippen molar-refractivity contribution in [3.8, 4) is 0 Å². The van der Waals surface area contributed by atoms with E-state index in [1.54, 1.807) is 6.26 Å². The van der Waals surface area contributed by atoms with E-state index in [-0.39, 0.29) is 6.10 Å². The van der Waals surface area contributed by atoms with Gasteiger partial charge in [-0.25, -0.2) is 0 Å². The van der Waals surface area contributed by atoms with Gasteiger partial charge in [-0.05, 0) is 32.3 Å². The van der Waals surface area contributed by atoms with Crippen LogP contribution in [0.15, 0.2) is 12.3 Å². The van der Waals surface area contributed by atoms with Crippen molar-refractivity contribution in [2.75, 3.05) is 13.1 Å². The minimum atomic E-state index is -0.584. The largest absolute Gasteiger partial charge is 0.497 e. The highest BCUT2D eigenvalue weighted by molar-refractivity contribution is 4.84. The standard InChI is InChI=1S/C12H23NO2/c1-3-7-12(2,14)10-13-9-11-6-4-5-8-15-11/h5,8,11,13-14H,3-4,6-7,9-10H2,1-2H3. The maximum absolute atomic E-state index is 9.93. The Morgan fingerprint density at radius 3 is 3.00 bits per heavy atom. The molecule has 2 unspecified atom stereocenters. The van der Waals surface area contributed by atoms with Crippen LogP contribution in [0.1, 0.15) is 39.5 Å². The number of rotatable bonds is 6. The van der Waals surface area contributed by atoms with Gasteiger partial charge in [-0.3, -0.25) is 0 Å². The molecule has 0 saturated heterocycles. The number of nitrogens with one attached hydrogen (secondary N) is 1. The molecule has 1 aliphatic rings. The van der Waals surface area contributed by atoms with E-state index in [1.165, 1.54) is 0 Å². The lowest BCUT2D eigenvalue weighted by atomic mass is 10.0. The Hall–Kier alpha value is -0.540. The van der Waals surface area contributed by atoms with Crippen molar-refractivity contribution >= 4 is 0 Å². The lowest BCUT2D eigenvalue weighted by Crippen LogP contribution is -2.41. The molecule has 0 bridgehead atoms. The first kappa shape index (κ1) is 12.5. The van der Waals surface area contributed by atoms with Crippen LogP contribution in [0.5, 0.6) is 0 Å². The summed E-state index contributed by atoms with van der Waals surface area (Å²) in [4.78, 5) is 0. The Balaban J connectivity index is 2.12. The van der Waals surface area contributed by atoms with Crippen LogP contribution in [0, 0.1) is 0 Å². The van der Waals surface area contributed by atoms with Crippen LogP contribution in [0.4, 0.5) is 0 Å². The molecule has 1 heterocycles. The molecular weight excluding hydrogens is 190 g/mol. The summed E-state index contributed by atoms with van der Waals surface area (Å²) in [5, 5.41) is 13.2. The Kier molecular flexibility index (Phi) is 5.12. The summed E-state index contributed by atoms with van der Waals surface area (Å²) in [5.41, 5.74) is -0.584. The van der Waals surface area contributed by atoms with E-state index in [2.05, 4.69) is 12.2 Å². The van der Waals surface area contributed by atoms with Gasteiger partial charge in [0, 0.05) is 13.1 Å². The molecule has 0 amide bonds. The molecule has 0 aromatic rings. The van der Waals surface area contributed by atoms with Gasteiger partial charge < -0.3 is 15.2 Å². The summed E-state index contributed by atoms with van der Waals surface area (Å²) in [6, 6.07) is 0. The number of allylic oxidation sites excluding steroid dienone is 1. The molecule has 15 heavy (non-hydrogen) atoms. The summed E-state index contributed by atoms with van der Waals surface area (Å²) < 4.78 is 5.43. The van der Waals surface area contributed by atoms with Crippen molar-refractivity contribution in [1.82, 2.24) is 5.32 Å². The first-order valence-corrected chi connectivity index (χ1v) is 5.87. The highest BCUT2D eigenvalue weighted by Crippen LogP contribution is 2.12. The summed E-state index contributed by atoms with van der Waals surface area (Å²) in [5.74, 6) is 0. The fourth-order valence-electron chi connectivity index (χ4n) is 1.86. The molecule has 3 nitrogen and oxygen atoms in total. The minimum absolute atomic E-state index is 0.271. The van der Waals surface area contributed by atoms with Crippen molar-refractivity contribution in [2.45, 2.75) is 51.2 Å². The van der Waals surface area contributed by atoms with Crippen LogP contribution < -0.4 is 5.32 Å². The second-order valence-corrected chi connectivity index (χ2v) is 4.59. The van der Waals surface area contributed by atoms with Crippen molar-refractivity contribution in [1.29, 1.82) is 0 Å². The molecule has 0 fully saturated rings. The van der Waals surface area contributed by atoms with E-state index in [0.717, 1.165) is 32.2 Å².